The van der Waals surface area contributed by atoms with Gasteiger partial charge in [0.25, 0.3) is 0 Å². The summed E-state index contributed by atoms with van der Waals surface area (Å²) in [5.74, 6) is -0.237. The third-order valence-corrected chi connectivity index (χ3v) is 2.61. The van der Waals surface area contributed by atoms with Crippen molar-refractivity contribution in [1.29, 1.82) is 0 Å². The normalized spacial score (nSPS) is 12.3. The number of rotatable bonds is 3. The second-order valence-electron chi connectivity index (χ2n) is 3.25. The molecule has 0 heterocycles. The molecule has 0 aliphatic carbocycles. The highest BCUT2D eigenvalue weighted by atomic mass is 79.9. The van der Waals surface area contributed by atoms with Gasteiger partial charge in [-0.05, 0) is 47.5 Å². The zero-order valence-corrected chi connectivity index (χ0v) is 9.86. The lowest BCUT2D eigenvalue weighted by atomic mass is 10.2. The zero-order chi connectivity index (χ0) is 10.7. The van der Waals surface area contributed by atoms with Gasteiger partial charge in [-0.15, -0.1) is 6.58 Å². The predicted octanol–water partition coefficient (Wildman–Crippen LogP) is 3.88. The molecule has 1 unspecified atom stereocenters. The van der Waals surface area contributed by atoms with E-state index in [1.165, 1.54) is 6.07 Å². The molecule has 1 aromatic rings. The molecule has 0 aromatic heterocycles. The van der Waals surface area contributed by atoms with Crippen LogP contribution in [0, 0.1) is 12.7 Å². The van der Waals surface area contributed by atoms with Gasteiger partial charge in [0, 0.05) is 11.7 Å². The molecule has 0 aliphatic heterocycles. The van der Waals surface area contributed by atoms with Crippen molar-refractivity contribution in [2.45, 2.75) is 19.9 Å². The van der Waals surface area contributed by atoms with E-state index in [1.807, 2.05) is 13.8 Å². The Labute approximate surface area is 92.1 Å². The minimum Gasteiger partial charge on any atom is -0.379 e. The van der Waals surface area contributed by atoms with Crippen molar-refractivity contribution < 1.29 is 4.39 Å². The van der Waals surface area contributed by atoms with Crippen LogP contribution in [0.4, 0.5) is 10.1 Å². The Morgan fingerprint density at radius 2 is 2.21 bits per heavy atom. The summed E-state index contributed by atoms with van der Waals surface area (Å²) in [6.45, 7) is 7.54. The van der Waals surface area contributed by atoms with Crippen LogP contribution in [0.5, 0.6) is 0 Å². The molecule has 0 saturated heterocycles. The molecule has 76 valence electrons. The standard InChI is InChI=1S/C11H13BrFN/c1-4-8(3)14-11-6-9(12)10(13)5-7(11)2/h4-6,8,14H,1H2,2-3H3. The van der Waals surface area contributed by atoms with Crippen molar-refractivity contribution in [2.24, 2.45) is 0 Å². The van der Waals surface area contributed by atoms with Crippen LogP contribution in [0.3, 0.4) is 0 Å². The molecule has 0 saturated carbocycles. The van der Waals surface area contributed by atoms with E-state index >= 15 is 0 Å². The maximum Gasteiger partial charge on any atom is 0.137 e. The first-order valence-electron chi connectivity index (χ1n) is 4.39. The summed E-state index contributed by atoms with van der Waals surface area (Å²) in [5, 5.41) is 3.21. The highest BCUT2D eigenvalue weighted by Gasteiger charge is 2.05. The molecule has 0 fully saturated rings. The maximum atomic E-state index is 13.1. The summed E-state index contributed by atoms with van der Waals surface area (Å²) in [5.41, 5.74) is 1.81. The molecule has 0 amide bonds. The number of hydrogen-bond acceptors (Lipinski definition) is 1. The molecule has 0 bridgehead atoms. The molecule has 1 aromatic carbocycles. The SMILES string of the molecule is C=CC(C)Nc1cc(Br)c(F)cc1C. The van der Waals surface area contributed by atoms with Crippen LogP contribution >= 0.6 is 15.9 Å². The van der Waals surface area contributed by atoms with Crippen LogP contribution in [0.25, 0.3) is 0 Å². The molecular formula is C11H13BrFN. The van der Waals surface area contributed by atoms with E-state index in [0.717, 1.165) is 11.3 Å². The Balaban J connectivity index is 2.97. The lowest BCUT2D eigenvalue weighted by Crippen LogP contribution is -2.12. The Hall–Kier alpha value is -0.830. The van der Waals surface area contributed by atoms with Crippen LogP contribution in [0.15, 0.2) is 29.3 Å². The monoisotopic (exact) mass is 257 g/mol. The summed E-state index contributed by atoms with van der Waals surface area (Å²) in [6, 6.07) is 3.42. The van der Waals surface area contributed by atoms with Gasteiger partial charge in [-0.2, -0.15) is 0 Å². The van der Waals surface area contributed by atoms with E-state index in [4.69, 9.17) is 0 Å². The number of anilines is 1. The van der Waals surface area contributed by atoms with Gasteiger partial charge < -0.3 is 5.32 Å². The Kier molecular flexibility index (Phi) is 3.69. The Morgan fingerprint density at radius 1 is 1.57 bits per heavy atom. The van der Waals surface area contributed by atoms with E-state index in [-0.39, 0.29) is 11.9 Å². The van der Waals surface area contributed by atoms with Crippen LogP contribution in [-0.4, -0.2) is 6.04 Å². The molecule has 1 rings (SSSR count). The first-order chi connectivity index (χ1) is 6.54. The second-order valence-corrected chi connectivity index (χ2v) is 4.10. The van der Waals surface area contributed by atoms with Crippen LogP contribution < -0.4 is 5.32 Å². The molecular weight excluding hydrogens is 245 g/mol. The second kappa shape index (κ2) is 4.60. The number of benzene rings is 1. The van der Waals surface area contributed by atoms with Crippen molar-refractivity contribution in [1.82, 2.24) is 0 Å². The van der Waals surface area contributed by atoms with Gasteiger partial charge in [-0.25, -0.2) is 4.39 Å². The molecule has 0 radical (unpaired) electrons. The predicted molar refractivity (Wildman–Crippen MR) is 62.1 cm³/mol. The topological polar surface area (TPSA) is 12.0 Å². The molecule has 1 atom stereocenters. The lowest BCUT2D eigenvalue weighted by molar-refractivity contribution is 0.620. The molecule has 0 spiro atoms. The summed E-state index contributed by atoms with van der Waals surface area (Å²) in [7, 11) is 0. The average molecular weight is 258 g/mol. The van der Waals surface area contributed by atoms with Gasteiger partial charge in [0.05, 0.1) is 4.47 Å². The smallest absolute Gasteiger partial charge is 0.137 e. The van der Waals surface area contributed by atoms with Gasteiger partial charge in [0.1, 0.15) is 5.82 Å². The Bertz CT molecular complexity index is 349. The lowest BCUT2D eigenvalue weighted by Gasteiger charge is -2.14. The zero-order valence-electron chi connectivity index (χ0n) is 8.27. The largest absolute Gasteiger partial charge is 0.379 e. The van der Waals surface area contributed by atoms with Crippen LogP contribution in [0.1, 0.15) is 12.5 Å². The summed E-state index contributed by atoms with van der Waals surface area (Å²) in [4.78, 5) is 0. The highest BCUT2D eigenvalue weighted by molar-refractivity contribution is 9.10. The van der Waals surface area contributed by atoms with E-state index in [0.29, 0.717) is 4.47 Å². The summed E-state index contributed by atoms with van der Waals surface area (Å²) >= 11 is 3.15. The molecule has 3 heteroatoms. The van der Waals surface area contributed by atoms with E-state index in [9.17, 15) is 4.39 Å². The third-order valence-electron chi connectivity index (χ3n) is 2.00. The fourth-order valence-electron chi connectivity index (χ4n) is 1.11. The van der Waals surface area contributed by atoms with E-state index in [2.05, 4.69) is 27.8 Å². The van der Waals surface area contributed by atoms with Crippen molar-refractivity contribution >= 4 is 21.6 Å². The summed E-state index contributed by atoms with van der Waals surface area (Å²) in [6.07, 6.45) is 1.80. The van der Waals surface area contributed by atoms with Crippen molar-refractivity contribution in [2.75, 3.05) is 5.32 Å². The fraction of sp³-hybridized carbons (Fsp3) is 0.273. The number of nitrogens with one attached hydrogen (secondary N) is 1. The van der Waals surface area contributed by atoms with E-state index < -0.39 is 0 Å². The number of halogens is 2. The van der Waals surface area contributed by atoms with Crippen LogP contribution in [-0.2, 0) is 0 Å². The highest BCUT2D eigenvalue weighted by Crippen LogP contribution is 2.24. The van der Waals surface area contributed by atoms with E-state index in [1.54, 1.807) is 12.1 Å². The van der Waals surface area contributed by atoms with Gasteiger partial charge >= 0.3 is 0 Å². The van der Waals surface area contributed by atoms with Gasteiger partial charge in [-0.3, -0.25) is 0 Å². The maximum absolute atomic E-state index is 13.1. The number of aryl methyl sites for hydroxylation is 1. The van der Waals surface area contributed by atoms with Crippen molar-refractivity contribution in [3.8, 4) is 0 Å². The summed E-state index contributed by atoms with van der Waals surface area (Å²) < 4.78 is 13.6. The van der Waals surface area contributed by atoms with Crippen molar-refractivity contribution in [3.05, 3.63) is 40.6 Å². The third kappa shape index (κ3) is 2.58. The minimum atomic E-state index is -0.237. The first-order valence-corrected chi connectivity index (χ1v) is 5.18. The number of hydrogen-bond donors (Lipinski definition) is 1. The molecule has 1 nitrogen and oxygen atoms in total. The average Bonchev–Trinajstić information content (AvgIpc) is 2.14. The van der Waals surface area contributed by atoms with Crippen LogP contribution in [0.2, 0.25) is 0 Å². The first kappa shape index (κ1) is 11.2. The van der Waals surface area contributed by atoms with Crippen molar-refractivity contribution in [3.63, 3.8) is 0 Å². The minimum absolute atomic E-state index is 0.172. The molecule has 0 aliphatic rings. The Morgan fingerprint density at radius 3 is 2.79 bits per heavy atom. The quantitative estimate of drug-likeness (QED) is 0.811. The van der Waals surface area contributed by atoms with Gasteiger partial charge in [0.2, 0.25) is 0 Å². The van der Waals surface area contributed by atoms with Gasteiger partial charge in [0.15, 0.2) is 0 Å². The molecule has 1 N–H and O–H groups in total. The fourth-order valence-corrected chi connectivity index (χ4v) is 1.45. The van der Waals surface area contributed by atoms with Gasteiger partial charge in [-0.1, -0.05) is 6.08 Å². The molecule has 14 heavy (non-hydrogen) atoms.